The molecule has 4 nitrogen and oxygen atoms in total. The molecule has 0 heterocycles. The van der Waals surface area contributed by atoms with E-state index in [0.29, 0.717) is 0 Å². The highest BCUT2D eigenvalue weighted by molar-refractivity contribution is 6.42. The van der Waals surface area contributed by atoms with Gasteiger partial charge < -0.3 is 18.9 Å². The monoisotopic (exact) mass is 462 g/mol. The predicted molar refractivity (Wildman–Crippen MR) is 136 cm³/mol. The molecule has 0 aliphatic carbocycles. The van der Waals surface area contributed by atoms with Gasteiger partial charge >= 0.3 is 0 Å². The van der Waals surface area contributed by atoms with Crippen LogP contribution in [0.1, 0.15) is 95.9 Å². The third kappa shape index (κ3) is 21.5. The van der Waals surface area contributed by atoms with Crippen molar-refractivity contribution in [2.45, 2.75) is 155 Å². The van der Waals surface area contributed by atoms with Crippen LogP contribution < -0.4 is 0 Å². The minimum absolute atomic E-state index is 0.0281. The smallest absolute Gasteiger partial charge is 0.158 e. The number of rotatable bonds is 13. The highest BCUT2D eigenvalue weighted by Gasteiger charge is 2.25. The van der Waals surface area contributed by atoms with Crippen molar-refractivity contribution in [3.8, 4) is 0 Å². The van der Waals surface area contributed by atoms with Crippen LogP contribution in [0.25, 0.3) is 0 Å². The van der Waals surface area contributed by atoms with Gasteiger partial charge in [0.2, 0.25) is 0 Å². The van der Waals surface area contributed by atoms with E-state index in [9.17, 15) is 0 Å². The average molecular weight is 463 g/mol. The quantitative estimate of drug-likeness (QED) is 0.200. The van der Waals surface area contributed by atoms with Crippen LogP contribution >= 0.6 is 0 Å². The molecule has 0 N–H and O–H groups in total. The van der Waals surface area contributed by atoms with E-state index >= 15 is 0 Å². The highest BCUT2D eigenvalue weighted by atomic mass is 28.2. The Kier molecular flexibility index (Phi) is 13.2. The van der Waals surface area contributed by atoms with Crippen LogP contribution in [0.4, 0.5) is 0 Å². The van der Waals surface area contributed by atoms with Crippen LogP contribution in [-0.2, 0) is 18.9 Å². The summed E-state index contributed by atoms with van der Waals surface area (Å²) in [6.45, 7) is 25.3. The van der Waals surface area contributed by atoms with E-state index in [2.05, 4.69) is 83.1 Å². The van der Waals surface area contributed by atoms with Crippen LogP contribution in [-0.4, -0.2) is 54.0 Å². The lowest BCUT2D eigenvalue weighted by molar-refractivity contribution is -0.234. The van der Waals surface area contributed by atoms with Crippen LogP contribution in [0.5, 0.6) is 0 Å². The van der Waals surface area contributed by atoms with Crippen LogP contribution in [0.2, 0.25) is 24.2 Å². The van der Waals surface area contributed by atoms with Crippen LogP contribution in [0, 0.1) is 0 Å². The van der Waals surface area contributed by atoms with Crippen molar-refractivity contribution in [1.29, 1.82) is 0 Å². The number of hydrogen-bond acceptors (Lipinski definition) is 4. The van der Waals surface area contributed by atoms with E-state index in [1.54, 1.807) is 0 Å². The van der Waals surface area contributed by atoms with Gasteiger partial charge in [0.05, 0.1) is 22.4 Å². The fourth-order valence-electron chi connectivity index (χ4n) is 3.19. The molecule has 30 heavy (non-hydrogen) atoms. The number of hydrogen-bond donors (Lipinski definition) is 0. The molecule has 0 aliphatic rings. The highest BCUT2D eigenvalue weighted by Crippen LogP contribution is 2.22. The topological polar surface area (TPSA) is 36.9 Å². The van der Waals surface area contributed by atoms with Crippen molar-refractivity contribution in [2.24, 2.45) is 0 Å². The Morgan fingerprint density at radius 3 is 0.867 bits per heavy atom. The van der Waals surface area contributed by atoms with Gasteiger partial charge in [0.1, 0.15) is 0 Å². The van der Waals surface area contributed by atoms with Gasteiger partial charge in [-0.2, -0.15) is 0 Å². The molecule has 0 radical (unpaired) electrons. The third-order valence-corrected chi connectivity index (χ3v) is 8.89. The molecular weight excluding hydrogens is 408 g/mol. The minimum atomic E-state index is -0.162. The second-order valence-electron chi connectivity index (χ2n) is 12.5. The van der Waals surface area contributed by atoms with Gasteiger partial charge in [0, 0.05) is 19.0 Å². The molecule has 182 valence electrons. The molecule has 0 saturated heterocycles. The van der Waals surface area contributed by atoms with Crippen molar-refractivity contribution in [3.05, 3.63) is 0 Å². The Balaban J connectivity index is 4.14. The molecule has 0 amide bonds. The summed E-state index contributed by atoms with van der Waals surface area (Å²) in [6.07, 6.45) is 1.89. The standard InChI is InChI=1S/C24H54O4Si2/c1-21(2,3)25-19(26-22(4,5)6)13-15-29-17-18-30-16-14-20(27-23(7,8)9)28-24(10,11)12/h19-20H,13-18,29-30H2,1-12H3. The summed E-state index contributed by atoms with van der Waals surface area (Å²) in [6, 6.07) is 5.51. The van der Waals surface area contributed by atoms with E-state index in [1.807, 2.05) is 0 Å². The van der Waals surface area contributed by atoms with Crippen LogP contribution in [0.15, 0.2) is 0 Å². The second kappa shape index (κ2) is 13.1. The first-order valence-electron chi connectivity index (χ1n) is 12.1. The summed E-state index contributed by atoms with van der Waals surface area (Å²) in [5, 5.41) is 0. The Bertz CT molecular complexity index is 368. The van der Waals surface area contributed by atoms with Gasteiger partial charge in [0.15, 0.2) is 12.6 Å². The fraction of sp³-hybridized carbons (Fsp3) is 1.00. The first-order valence-corrected chi connectivity index (χ1v) is 16.1. The van der Waals surface area contributed by atoms with Gasteiger partial charge in [-0.25, -0.2) is 0 Å². The Morgan fingerprint density at radius 1 is 0.433 bits per heavy atom. The lowest BCUT2D eigenvalue weighted by Gasteiger charge is -2.33. The Hall–Kier alpha value is 0.274. The molecule has 0 spiro atoms. The van der Waals surface area contributed by atoms with E-state index in [-0.39, 0.29) is 54.0 Å². The van der Waals surface area contributed by atoms with Gasteiger partial charge in [0.25, 0.3) is 0 Å². The summed E-state index contributed by atoms with van der Waals surface area (Å²) in [4.78, 5) is 0. The Morgan fingerprint density at radius 2 is 0.667 bits per heavy atom. The zero-order valence-corrected chi connectivity index (χ0v) is 25.3. The normalized spacial score (nSPS) is 15.0. The average Bonchev–Trinajstić information content (AvgIpc) is 2.42. The minimum Gasteiger partial charge on any atom is -0.347 e. The zero-order chi connectivity index (χ0) is 23.6. The molecule has 0 aromatic rings. The van der Waals surface area contributed by atoms with Crippen molar-refractivity contribution in [2.75, 3.05) is 0 Å². The van der Waals surface area contributed by atoms with Gasteiger partial charge in [-0.3, -0.25) is 0 Å². The van der Waals surface area contributed by atoms with Crippen molar-refractivity contribution in [3.63, 3.8) is 0 Å². The molecule has 0 saturated carbocycles. The van der Waals surface area contributed by atoms with Crippen LogP contribution in [0.3, 0.4) is 0 Å². The second-order valence-corrected chi connectivity index (χ2v) is 16.7. The summed E-state index contributed by atoms with van der Waals surface area (Å²) in [5.41, 5.74) is -0.646. The Labute approximate surface area is 193 Å². The molecule has 0 aliphatic heterocycles. The number of ether oxygens (including phenoxy) is 4. The molecule has 0 rings (SSSR count). The van der Waals surface area contributed by atoms with E-state index < -0.39 is 0 Å². The maximum Gasteiger partial charge on any atom is 0.158 e. The molecule has 0 atom stereocenters. The summed E-state index contributed by atoms with van der Waals surface area (Å²) >= 11 is 0. The molecule has 6 heteroatoms. The summed E-state index contributed by atoms with van der Waals surface area (Å²) < 4.78 is 24.6. The third-order valence-electron chi connectivity index (χ3n) is 4.07. The fourth-order valence-corrected chi connectivity index (χ4v) is 7.97. The van der Waals surface area contributed by atoms with E-state index in [0.717, 1.165) is 12.8 Å². The zero-order valence-electron chi connectivity index (χ0n) is 22.4. The first-order chi connectivity index (χ1) is 13.4. The lowest BCUT2D eigenvalue weighted by Crippen LogP contribution is -2.35. The molecule has 0 unspecified atom stereocenters. The molecular formula is C24H54O4Si2. The largest absolute Gasteiger partial charge is 0.347 e. The van der Waals surface area contributed by atoms with Gasteiger partial charge in [-0.15, -0.1) is 0 Å². The van der Waals surface area contributed by atoms with Crippen molar-refractivity contribution in [1.82, 2.24) is 0 Å². The van der Waals surface area contributed by atoms with Crippen molar-refractivity contribution >= 4 is 19.0 Å². The van der Waals surface area contributed by atoms with Gasteiger partial charge in [-0.1, -0.05) is 24.2 Å². The first kappa shape index (κ1) is 30.3. The molecule has 0 fully saturated rings. The molecule has 0 aromatic heterocycles. The summed E-state index contributed by atoms with van der Waals surface area (Å²) in [7, 11) is -0.0562. The van der Waals surface area contributed by atoms with E-state index in [1.165, 1.54) is 24.2 Å². The summed E-state index contributed by atoms with van der Waals surface area (Å²) in [5.74, 6) is 0. The SMILES string of the molecule is CC(C)(C)OC(CC[SiH2]CC[SiH2]CCC(OC(C)(C)C)OC(C)(C)C)OC(C)(C)C. The van der Waals surface area contributed by atoms with Crippen molar-refractivity contribution < 1.29 is 18.9 Å². The maximum atomic E-state index is 6.15. The maximum absolute atomic E-state index is 6.15. The lowest BCUT2D eigenvalue weighted by atomic mass is 10.2. The predicted octanol–water partition coefficient (Wildman–Crippen LogP) is 5.69. The molecule has 0 bridgehead atoms. The van der Waals surface area contributed by atoms with Gasteiger partial charge in [-0.05, 0) is 95.9 Å². The molecule has 0 aromatic carbocycles. The van der Waals surface area contributed by atoms with E-state index in [4.69, 9.17) is 18.9 Å².